The minimum atomic E-state index is -0.132. The highest BCUT2D eigenvalue weighted by Crippen LogP contribution is 1.88. The molecule has 0 radical (unpaired) electrons. The van der Waals surface area contributed by atoms with Crippen molar-refractivity contribution in [1.82, 2.24) is 10.6 Å². The van der Waals surface area contributed by atoms with Crippen LogP contribution in [0.15, 0.2) is 0 Å². The van der Waals surface area contributed by atoms with E-state index in [0.29, 0.717) is 6.42 Å². The lowest BCUT2D eigenvalue weighted by Crippen LogP contribution is -2.35. The summed E-state index contributed by atoms with van der Waals surface area (Å²) in [5, 5.41) is 14.3. The van der Waals surface area contributed by atoms with Gasteiger partial charge in [0.2, 0.25) is 5.91 Å². The molecule has 0 aliphatic heterocycles. The van der Waals surface area contributed by atoms with Gasteiger partial charge in [0.05, 0.1) is 6.61 Å². The van der Waals surface area contributed by atoms with Crippen LogP contribution in [0.1, 0.15) is 19.8 Å². The minimum Gasteiger partial charge on any atom is -0.394 e. The van der Waals surface area contributed by atoms with E-state index in [1.807, 2.05) is 7.05 Å². The normalized spacial score (nSPS) is 12.6. The monoisotopic (exact) mass is 174 g/mol. The van der Waals surface area contributed by atoms with Crippen molar-refractivity contribution >= 4 is 5.91 Å². The largest absolute Gasteiger partial charge is 0.394 e. The average molecular weight is 174 g/mol. The molecule has 0 rings (SSSR count). The molecule has 0 aromatic rings. The van der Waals surface area contributed by atoms with E-state index >= 15 is 0 Å². The zero-order valence-corrected chi connectivity index (χ0v) is 7.76. The maximum Gasteiger partial charge on any atom is 0.220 e. The van der Waals surface area contributed by atoms with Crippen LogP contribution in [-0.4, -0.2) is 37.3 Å². The third-order valence-electron chi connectivity index (χ3n) is 1.51. The summed E-state index contributed by atoms with van der Waals surface area (Å²) in [7, 11) is 1.86. The molecule has 0 fully saturated rings. The zero-order valence-electron chi connectivity index (χ0n) is 7.76. The molecule has 0 unspecified atom stereocenters. The number of hydrogen-bond donors (Lipinski definition) is 3. The van der Waals surface area contributed by atoms with Crippen molar-refractivity contribution < 1.29 is 9.90 Å². The van der Waals surface area contributed by atoms with Crippen molar-refractivity contribution in [3.63, 3.8) is 0 Å². The first kappa shape index (κ1) is 11.4. The summed E-state index contributed by atoms with van der Waals surface area (Å²) in [6.07, 6.45) is 1.35. The Hall–Kier alpha value is -0.610. The van der Waals surface area contributed by atoms with Crippen molar-refractivity contribution in [1.29, 1.82) is 0 Å². The number of amides is 1. The van der Waals surface area contributed by atoms with Gasteiger partial charge in [-0.05, 0) is 26.9 Å². The Bertz CT molecular complexity index is 128. The lowest BCUT2D eigenvalue weighted by Gasteiger charge is -2.09. The van der Waals surface area contributed by atoms with Crippen LogP contribution >= 0.6 is 0 Å². The average Bonchev–Trinajstić information content (AvgIpc) is 2.05. The first-order chi connectivity index (χ1) is 5.70. The van der Waals surface area contributed by atoms with Gasteiger partial charge in [-0.3, -0.25) is 4.79 Å². The maximum atomic E-state index is 11.0. The Labute approximate surface area is 73.3 Å². The summed E-state index contributed by atoms with van der Waals surface area (Å²) in [4.78, 5) is 11.0. The number of nitrogens with one attached hydrogen (secondary N) is 2. The van der Waals surface area contributed by atoms with E-state index < -0.39 is 0 Å². The zero-order chi connectivity index (χ0) is 9.40. The molecule has 72 valence electrons. The van der Waals surface area contributed by atoms with Gasteiger partial charge in [-0.15, -0.1) is 0 Å². The van der Waals surface area contributed by atoms with Gasteiger partial charge in [0.1, 0.15) is 0 Å². The molecule has 0 aromatic carbocycles. The van der Waals surface area contributed by atoms with E-state index in [1.165, 1.54) is 0 Å². The molecular formula is C8H18N2O2. The van der Waals surface area contributed by atoms with Crippen LogP contribution in [0.2, 0.25) is 0 Å². The second kappa shape index (κ2) is 7.06. The molecule has 1 amide bonds. The molecule has 0 aromatic heterocycles. The second-order valence-electron chi connectivity index (χ2n) is 2.86. The lowest BCUT2D eigenvalue weighted by atomic mass is 10.2. The van der Waals surface area contributed by atoms with Gasteiger partial charge in [0.15, 0.2) is 0 Å². The van der Waals surface area contributed by atoms with Crippen LogP contribution in [0.4, 0.5) is 0 Å². The molecule has 0 spiro atoms. The van der Waals surface area contributed by atoms with E-state index in [2.05, 4.69) is 10.6 Å². The molecule has 1 atom stereocenters. The van der Waals surface area contributed by atoms with Gasteiger partial charge < -0.3 is 15.7 Å². The molecule has 0 aliphatic rings. The molecule has 3 N–H and O–H groups in total. The topological polar surface area (TPSA) is 61.4 Å². The molecule has 0 heterocycles. The van der Waals surface area contributed by atoms with E-state index in [-0.39, 0.29) is 18.6 Å². The molecule has 0 aliphatic carbocycles. The highest BCUT2D eigenvalue weighted by Gasteiger charge is 2.04. The number of aliphatic hydroxyl groups excluding tert-OH is 1. The molecule has 12 heavy (non-hydrogen) atoms. The van der Waals surface area contributed by atoms with E-state index in [0.717, 1.165) is 13.0 Å². The van der Waals surface area contributed by atoms with Gasteiger partial charge in [-0.25, -0.2) is 0 Å². The van der Waals surface area contributed by atoms with Crippen molar-refractivity contribution in [2.75, 3.05) is 20.2 Å². The van der Waals surface area contributed by atoms with Crippen molar-refractivity contribution in [3.05, 3.63) is 0 Å². The number of aliphatic hydroxyl groups is 1. The Kier molecular flexibility index (Phi) is 6.70. The van der Waals surface area contributed by atoms with Gasteiger partial charge in [-0.1, -0.05) is 0 Å². The first-order valence-electron chi connectivity index (χ1n) is 4.25. The number of hydrogen-bond acceptors (Lipinski definition) is 3. The third kappa shape index (κ3) is 6.12. The third-order valence-corrected chi connectivity index (χ3v) is 1.51. The summed E-state index contributed by atoms with van der Waals surface area (Å²) in [6, 6.07) is -0.132. The number of carbonyl (C=O) groups is 1. The molecule has 4 nitrogen and oxygen atoms in total. The SMILES string of the molecule is CNCCCC(=O)N[C@H](C)CO. The fourth-order valence-corrected chi connectivity index (χ4v) is 0.818. The molecule has 0 saturated heterocycles. The molecule has 4 heteroatoms. The molecule has 0 saturated carbocycles. The van der Waals surface area contributed by atoms with Crippen LogP contribution in [-0.2, 0) is 4.79 Å². The van der Waals surface area contributed by atoms with Gasteiger partial charge >= 0.3 is 0 Å². The Morgan fingerprint density at radius 3 is 2.75 bits per heavy atom. The lowest BCUT2D eigenvalue weighted by molar-refractivity contribution is -0.122. The van der Waals surface area contributed by atoms with Gasteiger partial charge in [-0.2, -0.15) is 0 Å². The van der Waals surface area contributed by atoms with Gasteiger partial charge in [0, 0.05) is 12.5 Å². The number of rotatable bonds is 6. The van der Waals surface area contributed by atoms with Crippen LogP contribution in [0.5, 0.6) is 0 Å². The highest BCUT2D eigenvalue weighted by molar-refractivity contribution is 5.76. The summed E-state index contributed by atoms with van der Waals surface area (Å²) in [5.41, 5.74) is 0. The summed E-state index contributed by atoms with van der Waals surface area (Å²) < 4.78 is 0. The first-order valence-corrected chi connectivity index (χ1v) is 4.25. The predicted molar refractivity (Wildman–Crippen MR) is 47.9 cm³/mol. The van der Waals surface area contributed by atoms with Crippen molar-refractivity contribution in [2.24, 2.45) is 0 Å². The number of carbonyl (C=O) groups excluding carboxylic acids is 1. The summed E-state index contributed by atoms with van der Waals surface area (Å²) in [6.45, 7) is 2.62. The van der Waals surface area contributed by atoms with Gasteiger partial charge in [0.25, 0.3) is 0 Å². The summed E-state index contributed by atoms with van der Waals surface area (Å²) in [5.74, 6) is 0.00630. The van der Waals surface area contributed by atoms with Crippen molar-refractivity contribution in [2.45, 2.75) is 25.8 Å². The fourth-order valence-electron chi connectivity index (χ4n) is 0.818. The van der Waals surface area contributed by atoms with Crippen molar-refractivity contribution in [3.8, 4) is 0 Å². The summed E-state index contributed by atoms with van der Waals surface area (Å²) >= 11 is 0. The van der Waals surface area contributed by atoms with Crippen LogP contribution in [0.25, 0.3) is 0 Å². The Balaban J connectivity index is 3.33. The quantitative estimate of drug-likeness (QED) is 0.475. The fraction of sp³-hybridized carbons (Fsp3) is 0.875. The standard InChI is InChI=1S/C8H18N2O2/c1-7(6-11)10-8(12)4-3-5-9-2/h7,9,11H,3-6H2,1-2H3,(H,10,12)/t7-/m1/s1. The molecular weight excluding hydrogens is 156 g/mol. The van der Waals surface area contributed by atoms with E-state index in [9.17, 15) is 4.79 Å². The smallest absolute Gasteiger partial charge is 0.220 e. The Morgan fingerprint density at radius 1 is 1.58 bits per heavy atom. The Morgan fingerprint density at radius 2 is 2.25 bits per heavy atom. The van der Waals surface area contributed by atoms with E-state index in [4.69, 9.17) is 5.11 Å². The van der Waals surface area contributed by atoms with Crippen LogP contribution in [0.3, 0.4) is 0 Å². The predicted octanol–water partition coefficient (Wildman–Crippen LogP) is -0.517. The molecule has 0 bridgehead atoms. The van der Waals surface area contributed by atoms with Crippen LogP contribution in [0, 0.1) is 0 Å². The van der Waals surface area contributed by atoms with E-state index in [1.54, 1.807) is 6.92 Å². The minimum absolute atomic E-state index is 0.00221. The van der Waals surface area contributed by atoms with Crippen LogP contribution < -0.4 is 10.6 Å². The highest BCUT2D eigenvalue weighted by atomic mass is 16.3. The maximum absolute atomic E-state index is 11.0. The second-order valence-corrected chi connectivity index (χ2v) is 2.86.